The van der Waals surface area contributed by atoms with E-state index in [0.717, 1.165) is 5.56 Å². The molecule has 4 nitrogen and oxygen atoms in total. The normalized spacial score (nSPS) is 10.3. The molecule has 0 aliphatic rings. The zero-order valence-electron chi connectivity index (χ0n) is 8.40. The van der Waals surface area contributed by atoms with Crippen LogP contribution in [-0.2, 0) is 6.61 Å². The Kier molecular flexibility index (Phi) is 3.99. The van der Waals surface area contributed by atoms with Gasteiger partial charge in [0.2, 0.25) is 10.6 Å². The van der Waals surface area contributed by atoms with Crippen LogP contribution in [0.25, 0.3) is 0 Å². The summed E-state index contributed by atoms with van der Waals surface area (Å²) in [5.41, 5.74) is 0.894. The van der Waals surface area contributed by atoms with E-state index in [1.165, 1.54) is 0 Å². The van der Waals surface area contributed by atoms with E-state index in [-0.39, 0.29) is 23.2 Å². The summed E-state index contributed by atoms with van der Waals surface area (Å²) in [7, 11) is 0. The van der Waals surface area contributed by atoms with Gasteiger partial charge in [0.15, 0.2) is 0 Å². The average Bonchev–Trinajstić information content (AvgIpc) is 2.25. The van der Waals surface area contributed by atoms with E-state index in [4.69, 9.17) is 39.5 Å². The van der Waals surface area contributed by atoms with Gasteiger partial charge in [-0.1, -0.05) is 23.7 Å². The molecule has 0 amide bonds. The van der Waals surface area contributed by atoms with E-state index in [2.05, 4.69) is 15.0 Å². The van der Waals surface area contributed by atoms with E-state index < -0.39 is 0 Å². The summed E-state index contributed by atoms with van der Waals surface area (Å²) in [5.74, 6) is 0. The molecule has 0 fully saturated rings. The number of hydrogen-bond acceptors (Lipinski definition) is 4. The molecule has 2 aromatic rings. The van der Waals surface area contributed by atoms with Gasteiger partial charge in [0.1, 0.15) is 6.61 Å². The van der Waals surface area contributed by atoms with Crippen molar-refractivity contribution < 1.29 is 4.74 Å². The van der Waals surface area contributed by atoms with Crippen LogP contribution in [0.4, 0.5) is 0 Å². The minimum atomic E-state index is -0.00825. The van der Waals surface area contributed by atoms with Crippen molar-refractivity contribution in [2.24, 2.45) is 0 Å². The van der Waals surface area contributed by atoms with Gasteiger partial charge in [-0.15, -0.1) is 0 Å². The molecule has 0 spiro atoms. The summed E-state index contributed by atoms with van der Waals surface area (Å²) < 4.78 is 5.32. The molecule has 1 heterocycles. The van der Waals surface area contributed by atoms with Gasteiger partial charge < -0.3 is 4.74 Å². The Bertz CT molecular complexity index is 516. The molecule has 0 atom stereocenters. The number of hydrogen-bond donors (Lipinski definition) is 0. The third-order valence-electron chi connectivity index (χ3n) is 1.82. The standard InChI is InChI=1S/C10H6Cl3N3O/c11-7-3-1-2-6(4-7)5-17-10-15-8(12)14-9(13)16-10/h1-4H,5H2. The van der Waals surface area contributed by atoms with Crippen LogP contribution >= 0.6 is 34.8 Å². The van der Waals surface area contributed by atoms with Crippen LogP contribution < -0.4 is 4.74 Å². The Balaban J connectivity index is 2.07. The van der Waals surface area contributed by atoms with E-state index in [1.54, 1.807) is 12.1 Å². The molecule has 17 heavy (non-hydrogen) atoms. The number of benzene rings is 1. The molecular formula is C10H6Cl3N3O. The zero-order valence-corrected chi connectivity index (χ0v) is 10.7. The van der Waals surface area contributed by atoms with Gasteiger partial charge in [-0.3, -0.25) is 0 Å². The Hall–Kier alpha value is -1.10. The van der Waals surface area contributed by atoms with Crippen molar-refractivity contribution in [1.82, 2.24) is 15.0 Å². The fourth-order valence-electron chi connectivity index (χ4n) is 1.15. The van der Waals surface area contributed by atoms with Crippen molar-refractivity contribution in [2.75, 3.05) is 0 Å². The van der Waals surface area contributed by atoms with Crippen LogP contribution in [0.2, 0.25) is 15.6 Å². The first-order valence-electron chi connectivity index (χ1n) is 4.58. The second-order valence-electron chi connectivity index (χ2n) is 3.07. The SMILES string of the molecule is Clc1cccc(COc2nc(Cl)nc(Cl)n2)c1. The second kappa shape index (κ2) is 5.49. The predicted molar refractivity (Wildman–Crippen MR) is 65.6 cm³/mol. The molecule has 0 radical (unpaired) electrons. The summed E-state index contributed by atoms with van der Waals surface area (Å²) in [6, 6.07) is 7.34. The number of rotatable bonds is 3. The molecule has 1 aromatic heterocycles. The molecule has 0 saturated carbocycles. The summed E-state index contributed by atoms with van der Waals surface area (Å²) in [6.45, 7) is 0.275. The van der Waals surface area contributed by atoms with Gasteiger partial charge in [0.05, 0.1) is 0 Å². The maximum Gasteiger partial charge on any atom is 0.322 e. The first-order chi connectivity index (χ1) is 8.13. The number of ether oxygens (including phenoxy) is 1. The summed E-state index contributed by atoms with van der Waals surface area (Å²) in [6.07, 6.45) is 0. The first-order valence-corrected chi connectivity index (χ1v) is 5.71. The number of aromatic nitrogens is 3. The van der Waals surface area contributed by atoms with Crippen molar-refractivity contribution in [2.45, 2.75) is 6.61 Å². The maximum atomic E-state index is 5.84. The topological polar surface area (TPSA) is 47.9 Å². The first kappa shape index (κ1) is 12.4. The van der Waals surface area contributed by atoms with Gasteiger partial charge in [-0.2, -0.15) is 15.0 Å². The van der Waals surface area contributed by atoms with Gasteiger partial charge in [0.25, 0.3) is 0 Å². The minimum absolute atomic E-state index is 0.00825. The molecule has 7 heteroatoms. The Morgan fingerprint density at radius 3 is 2.35 bits per heavy atom. The molecule has 1 aromatic carbocycles. The molecular weight excluding hydrogens is 284 g/mol. The number of nitrogens with zero attached hydrogens (tertiary/aromatic N) is 3. The Morgan fingerprint density at radius 1 is 1.00 bits per heavy atom. The monoisotopic (exact) mass is 289 g/mol. The second-order valence-corrected chi connectivity index (χ2v) is 4.19. The van der Waals surface area contributed by atoms with E-state index in [9.17, 15) is 0 Å². The van der Waals surface area contributed by atoms with Crippen LogP contribution in [0.5, 0.6) is 6.01 Å². The Labute approximate surface area is 113 Å². The maximum absolute atomic E-state index is 5.84. The van der Waals surface area contributed by atoms with Gasteiger partial charge in [-0.25, -0.2) is 0 Å². The summed E-state index contributed by atoms with van der Waals surface area (Å²) >= 11 is 17.1. The number of halogens is 3. The van der Waals surface area contributed by atoms with Crippen molar-refractivity contribution in [3.63, 3.8) is 0 Å². The molecule has 0 N–H and O–H groups in total. The molecule has 2 rings (SSSR count). The van der Waals surface area contributed by atoms with Gasteiger partial charge in [-0.05, 0) is 40.9 Å². The molecule has 0 unspecified atom stereocenters. The third kappa shape index (κ3) is 3.70. The quantitative estimate of drug-likeness (QED) is 0.869. The minimum Gasteiger partial charge on any atom is -0.458 e. The van der Waals surface area contributed by atoms with E-state index >= 15 is 0 Å². The molecule has 0 aliphatic heterocycles. The van der Waals surface area contributed by atoms with Gasteiger partial charge >= 0.3 is 6.01 Å². The van der Waals surface area contributed by atoms with Gasteiger partial charge in [0, 0.05) is 5.02 Å². The lowest BCUT2D eigenvalue weighted by Gasteiger charge is -2.04. The van der Waals surface area contributed by atoms with Crippen molar-refractivity contribution in [3.05, 3.63) is 45.4 Å². The summed E-state index contributed by atoms with van der Waals surface area (Å²) in [4.78, 5) is 11.2. The lowest BCUT2D eigenvalue weighted by molar-refractivity contribution is 0.279. The summed E-state index contributed by atoms with van der Waals surface area (Å²) in [5, 5.41) is 0.620. The average molecular weight is 291 g/mol. The lowest BCUT2D eigenvalue weighted by Crippen LogP contribution is -2.01. The predicted octanol–water partition coefficient (Wildman–Crippen LogP) is 3.41. The van der Waals surface area contributed by atoms with Crippen molar-refractivity contribution in [3.8, 4) is 6.01 Å². The van der Waals surface area contributed by atoms with Crippen molar-refractivity contribution in [1.29, 1.82) is 0 Å². The van der Waals surface area contributed by atoms with Crippen LogP contribution in [0.1, 0.15) is 5.56 Å². The van der Waals surface area contributed by atoms with Crippen molar-refractivity contribution >= 4 is 34.8 Å². The lowest BCUT2D eigenvalue weighted by atomic mass is 10.2. The molecule has 0 aliphatic carbocycles. The molecule has 88 valence electrons. The highest BCUT2D eigenvalue weighted by atomic mass is 35.5. The van der Waals surface area contributed by atoms with Crippen LogP contribution in [-0.4, -0.2) is 15.0 Å². The largest absolute Gasteiger partial charge is 0.458 e. The highest BCUT2D eigenvalue weighted by Gasteiger charge is 2.04. The zero-order chi connectivity index (χ0) is 12.3. The van der Waals surface area contributed by atoms with E-state index in [0.29, 0.717) is 5.02 Å². The smallest absolute Gasteiger partial charge is 0.322 e. The van der Waals surface area contributed by atoms with E-state index in [1.807, 2.05) is 12.1 Å². The fraction of sp³-hybridized carbons (Fsp3) is 0.100. The molecule has 0 saturated heterocycles. The fourth-order valence-corrected chi connectivity index (χ4v) is 1.71. The van der Waals surface area contributed by atoms with Crippen LogP contribution in [0, 0.1) is 0 Å². The highest BCUT2D eigenvalue weighted by Crippen LogP contribution is 2.15. The van der Waals surface area contributed by atoms with Crippen LogP contribution in [0.15, 0.2) is 24.3 Å². The Morgan fingerprint density at radius 2 is 1.71 bits per heavy atom. The molecule has 0 bridgehead atoms. The highest BCUT2D eigenvalue weighted by molar-refractivity contribution is 6.31. The third-order valence-corrected chi connectivity index (χ3v) is 2.39. The van der Waals surface area contributed by atoms with Crippen LogP contribution in [0.3, 0.4) is 0 Å².